The molecular formula is C10H20N2O4S. The Labute approximate surface area is 102 Å². The molecule has 7 heteroatoms. The van der Waals surface area contributed by atoms with Crippen molar-refractivity contribution in [1.82, 2.24) is 9.62 Å². The minimum Gasteiger partial charge on any atom is -0.480 e. The predicted octanol–water partition coefficient (Wildman–Crippen LogP) is -0.278. The Morgan fingerprint density at radius 2 is 2.00 bits per heavy atom. The second-order valence-electron chi connectivity index (χ2n) is 4.38. The van der Waals surface area contributed by atoms with E-state index in [9.17, 15) is 13.2 Å². The standard InChI is InChI=1S/C10H20N2O4S/c1-2-12-5-3-9(4-6-12)7-11-17(15,16)8-10(13)14/h9,11H,2-8H2,1H3,(H,13,14). The zero-order valence-electron chi connectivity index (χ0n) is 10.1. The third kappa shape index (κ3) is 5.47. The summed E-state index contributed by atoms with van der Waals surface area (Å²) in [4.78, 5) is 12.6. The molecule has 0 radical (unpaired) electrons. The van der Waals surface area contributed by atoms with Crippen molar-refractivity contribution in [3.05, 3.63) is 0 Å². The molecule has 0 amide bonds. The average molecular weight is 264 g/mol. The van der Waals surface area contributed by atoms with E-state index in [1.807, 2.05) is 0 Å². The number of likely N-dealkylation sites (tertiary alicyclic amines) is 1. The summed E-state index contributed by atoms with van der Waals surface area (Å²) in [6, 6.07) is 0. The largest absolute Gasteiger partial charge is 0.480 e. The first kappa shape index (κ1) is 14.4. The van der Waals surface area contributed by atoms with Crippen molar-refractivity contribution in [3.8, 4) is 0 Å². The molecule has 17 heavy (non-hydrogen) atoms. The van der Waals surface area contributed by atoms with E-state index >= 15 is 0 Å². The van der Waals surface area contributed by atoms with Crippen LogP contribution in [0.25, 0.3) is 0 Å². The summed E-state index contributed by atoms with van der Waals surface area (Å²) in [7, 11) is -3.66. The Morgan fingerprint density at radius 3 is 2.47 bits per heavy atom. The Bertz CT molecular complexity index is 347. The summed E-state index contributed by atoms with van der Waals surface area (Å²) in [5, 5.41) is 8.43. The number of carbonyl (C=O) groups is 1. The summed E-state index contributed by atoms with van der Waals surface area (Å²) in [5.74, 6) is -1.85. The molecular weight excluding hydrogens is 244 g/mol. The summed E-state index contributed by atoms with van der Waals surface area (Å²) < 4.78 is 25.0. The lowest BCUT2D eigenvalue weighted by Crippen LogP contribution is -2.39. The van der Waals surface area contributed by atoms with Crippen molar-refractivity contribution in [2.24, 2.45) is 5.92 Å². The van der Waals surface area contributed by atoms with Crippen LogP contribution in [0.1, 0.15) is 19.8 Å². The third-order valence-corrected chi connectivity index (χ3v) is 4.29. The van der Waals surface area contributed by atoms with Crippen LogP contribution in [0.4, 0.5) is 0 Å². The highest BCUT2D eigenvalue weighted by Gasteiger charge is 2.21. The number of piperidine rings is 1. The second-order valence-corrected chi connectivity index (χ2v) is 6.19. The van der Waals surface area contributed by atoms with Gasteiger partial charge in [0.05, 0.1) is 0 Å². The number of hydrogen-bond donors (Lipinski definition) is 2. The molecule has 6 nitrogen and oxygen atoms in total. The van der Waals surface area contributed by atoms with Crippen molar-refractivity contribution < 1.29 is 18.3 Å². The van der Waals surface area contributed by atoms with Gasteiger partial charge in [0, 0.05) is 6.54 Å². The van der Waals surface area contributed by atoms with Crippen molar-refractivity contribution in [1.29, 1.82) is 0 Å². The topological polar surface area (TPSA) is 86.7 Å². The number of aliphatic carboxylic acids is 1. The number of carboxylic acid groups (broad SMARTS) is 1. The third-order valence-electron chi connectivity index (χ3n) is 3.06. The first-order chi connectivity index (χ1) is 7.93. The number of hydrogen-bond acceptors (Lipinski definition) is 4. The molecule has 2 N–H and O–H groups in total. The summed E-state index contributed by atoms with van der Waals surface area (Å²) in [6.45, 7) is 5.46. The van der Waals surface area contributed by atoms with Crippen LogP contribution in [0.15, 0.2) is 0 Å². The van der Waals surface area contributed by atoms with E-state index in [-0.39, 0.29) is 0 Å². The molecule has 0 bridgehead atoms. The van der Waals surface area contributed by atoms with Gasteiger partial charge in [-0.25, -0.2) is 13.1 Å². The Morgan fingerprint density at radius 1 is 1.41 bits per heavy atom. The van der Waals surface area contributed by atoms with E-state index in [1.165, 1.54) is 0 Å². The van der Waals surface area contributed by atoms with Gasteiger partial charge in [0.2, 0.25) is 10.0 Å². The Kier molecular flexibility index (Phi) is 5.35. The maximum absolute atomic E-state index is 11.3. The maximum atomic E-state index is 11.3. The van der Waals surface area contributed by atoms with Crippen LogP contribution in [-0.4, -0.2) is 56.3 Å². The smallest absolute Gasteiger partial charge is 0.320 e. The molecule has 1 aliphatic heterocycles. The molecule has 0 aliphatic carbocycles. The molecule has 0 unspecified atom stereocenters. The van der Waals surface area contributed by atoms with Crippen LogP contribution in [0.3, 0.4) is 0 Å². The quantitative estimate of drug-likeness (QED) is 0.689. The van der Waals surface area contributed by atoms with Crippen molar-refractivity contribution in [2.45, 2.75) is 19.8 Å². The fourth-order valence-corrected chi connectivity index (χ4v) is 2.88. The Balaban J connectivity index is 2.30. The molecule has 0 aromatic rings. The number of carboxylic acids is 1. The van der Waals surface area contributed by atoms with Gasteiger partial charge in [-0.05, 0) is 38.4 Å². The lowest BCUT2D eigenvalue weighted by molar-refractivity contribution is -0.134. The molecule has 0 aromatic carbocycles. The van der Waals surface area contributed by atoms with Crippen LogP contribution >= 0.6 is 0 Å². The molecule has 1 rings (SSSR count). The van der Waals surface area contributed by atoms with E-state index in [1.54, 1.807) is 0 Å². The maximum Gasteiger partial charge on any atom is 0.320 e. The molecule has 0 spiro atoms. The lowest BCUT2D eigenvalue weighted by atomic mass is 9.97. The zero-order chi connectivity index (χ0) is 12.9. The highest BCUT2D eigenvalue weighted by atomic mass is 32.2. The van der Waals surface area contributed by atoms with Crippen LogP contribution in [0.5, 0.6) is 0 Å². The number of rotatable bonds is 6. The lowest BCUT2D eigenvalue weighted by Gasteiger charge is -2.30. The van der Waals surface area contributed by atoms with Gasteiger partial charge in [0.15, 0.2) is 5.75 Å². The van der Waals surface area contributed by atoms with E-state index in [0.29, 0.717) is 12.5 Å². The van der Waals surface area contributed by atoms with E-state index in [0.717, 1.165) is 32.5 Å². The van der Waals surface area contributed by atoms with Crippen LogP contribution < -0.4 is 4.72 Å². The van der Waals surface area contributed by atoms with E-state index in [4.69, 9.17) is 5.11 Å². The van der Waals surface area contributed by atoms with Gasteiger partial charge in [0.1, 0.15) is 0 Å². The molecule has 0 saturated carbocycles. The van der Waals surface area contributed by atoms with Crippen molar-refractivity contribution in [2.75, 3.05) is 31.9 Å². The second kappa shape index (κ2) is 6.32. The van der Waals surface area contributed by atoms with E-state index in [2.05, 4.69) is 16.5 Å². The molecule has 0 aromatic heterocycles. The van der Waals surface area contributed by atoms with Gasteiger partial charge in [-0.3, -0.25) is 4.79 Å². The van der Waals surface area contributed by atoms with Gasteiger partial charge in [-0.15, -0.1) is 0 Å². The fraction of sp³-hybridized carbons (Fsp3) is 0.900. The number of nitrogens with zero attached hydrogens (tertiary/aromatic N) is 1. The monoisotopic (exact) mass is 264 g/mol. The highest BCUT2D eigenvalue weighted by Crippen LogP contribution is 2.16. The number of sulfonamides is 1. The van der Waals surface area contributed by atoms with Gasteiger partial charge < -0.3 is 10.0 Å². The van der Waals surface area contributed by atoms with Gasteiger partial charge in [-0.1, -0.05) is 6.92 Å². The van der Waals surface area contributed by atoms with Crippen molar-refractivity contribution >= 4 is 16.0 Å². The SMILES string of the molecule is CCN1CCC(CNS(=O)(=O)CC(=O)O)CC1. The molecule has 100 valence electrons. The first-order valence-corrected chi connectivity index (χ1v) is 7.49. The minimum absolute atomic E-state index is 0.321. The normalized spacial score (nSPS) is 19.4. The first-order valence-electron chi connectivity index (χ1n) is 5.84. The van der Waals surface area contributed by atoms with Crippen molar-refractivity contribution in [3.63, 3.8) is 0 Å². The predicted molar refractivity (Wildman–Crippen MR) is 64.3 cm³/mol. The summed E-state index contributed by atoms with van der Waals surface area (Å²) in [5.41, 5.74) is 0. The van der Waals surface area contributed by atoms with Gasteiger partial charge >= 0.3 is 5.97 Å². The van der Waals surface area contributed by atoms with Crippen LogP contribution in [0, 0.1) is 5.92 Å². The number of nitrogens with one attached hydrogen (secondary N) is 1. The molecule has 1 aliphatic rings. The average Bonchev–Trinajstić information content (AvgIpc) is 2.25. The summed E-state index contributed by atoms with van der Waals surface area (Å²) >= 11 is 0. The Hall–Kier alpha value is -0.660. The van der Waals surface area contributed by atoms with Crippen LogP contribution in [0.2, 0.25) is 0 Å². The van der Waals surface area contributed by atoms with Gasteiger partial charge in [-0.2, -0.15) is 0 Å². The van der Waals surface area contributed by atoms with E-state index < -0.39 is 21.7 Å². The zero-order valence-corrected chi connectivity index (χ0v) is 10.9. The summed E-state index contributed by atoms with van der Waals surface area (Å²) in [6.07, 6.45) is 1.92. The molecule has 1 fully saturated rings. The molecule has 0 atom stereocenters. The van der Waals surface area contributed by atoms with Gasteiger partial charge in [0.25, 0.3) is 0 Å². The molecule has 1 saturated heterocycles. The fourth-order valence-electron chi connectivity index (χ4n) is 1.97. The van der Waals surface area contributed by atoms with Crippen LogP contribution in [-0.2, 0) is 14.8 Å². The highest BCUT2D eigenvalue weighted by molar-refractivity contribution is 7.90. The molecule has 1 heterocycles. The minimum atomic E-state index is -3.66.